The van der Waals surface area contributed by atoms with Crippen molar-refractivity contribution in [2.75, 3.05) is 5.32 Å². The van der Waals surface area contributed by atoms with Crippen molar-refractivity contribution in [1.82, 2.24) is 4.98 Å². The van der Waals surface area contributed by atoms with Gasteiger partial charge in [0.2, 0.25) is 11.8 Å². The lowest BCUT2D eigenvalue weighted by molar-refractivity contribution is -0.116. The van der Waals surface area contributed by atoms with Crippen LogP contribution in [0, 0.1) is 0 Å². The van der Waals surface area contributed by atoms with Crippen molar-refractivity contribution < 1.29 is 14.3 Å². The number of hydrogen-bond acceptors (Lipinski definition) is 4. The second-order valence-corrected chi connectivity index (χ2v) is 8.47. The van der Waals surface area contributed by atoms with Crippen LogP contribution in [0.2, 0.25) is 0 Å². The summed E-state index contributed by atoms with van der Waals surface area (Å²) in [6.45, 7) is 0. The van der Waals surface area contributed by atoms with Gasteiger partial charge in [0.05, 0.1) is 10.4 Å². The molecule has 0 saturated heterocycles. The van der Waals surface area contributed by atoms with Gasteiger partial charge in [0.25, 0.3) is 0 Å². The van der Waals surface area contributed by atoms with E-state index in [1.165, 1.54) is 0 Å². The first kappa shape index (κ1) is 21.0. The number of rotatable bonds is 5. The Morgan fingerprint density at radius 2 is 1.55 bits per heavy atom. The van der Waals surface area contributed by atoms with Crippen LogP contribution in [0.4, 0.5) is 5.69 Å². The number of nitrogens with zero attached hydrogens (tertiary/aromatic N) is 1. The molecule has 0 spiro atoms. The number of aromatic nitrogens is 1. The number of fused-ring (bicyclic) bond motifs is 1. The SMILES string of the molecule is O=C(Nc1ccc2oc(-c3ccc(O)c(Br)c3)nc2c1)C(c1ccccc1)c1ccccc1. The molecule has 0 unspecified atom stereocenters. The Bertz CT molecular complexity index is 1390. The number of phenolic OH excluding ortho intramolecular Hbond substituents is 1. The van der Waals surface area contributed by atoms with Crippen LogP contribution in [0.15, 0.2) is 106 Å². The van der Waals surface area contributed by atoms with E-state index in [0.29, 0.717) is 27.2 Å². The van der Waals surface area contributed by atoms with Gasteiger partial charge < -0.3 is 14.8 Å². The number of aromatic hydroxyl groups is 1. The normalized spacial score (nSPS) is 11.1. The van der Waals surface area contributed by atoms with E-state index in [9.17, 15) is 9.90 Å². The standard InChI is InChI=1S/C27H19BrN2O3/c28-21-15-19(11-13-23(21)31)27-30-22-16-20(12-14-24(22)33-27)29-26(32)25(17-7-3-1-4-8-17)18-9-5-2-6-10-18/h1-16,25,31H,(H,29,32). The topological polar surface area (TPSA) is 75.4 Å². The number of benzene rings is 4. The first-order valence-corrected chi connectivity index (χ1v) is 11.2. The number of phenols is 1. The second-order valence-electron chi connectivity index (χ2n) is 7.61. The summed E-state index contributed by atoms with van der Waals surface area (Å²) in [7, 11) is 0. The maximum atomic E-state index is 13.4. The van der Waals surface area contributed by atoms with E-state index >= 15 is 0 Å². The molecule has 1 aromatic heterocycles. The lowest BCUT2D eigenvalue weighted by Gasteiger charge is -2.18. The van der Waals surface area contributed by atoms with E-state index in [0.717, 1.165) is 16.7 Å². The van der Waals surface area contributed by atoms with Gasteiger partial charge in [-0.3, -0.25) is 4.79 Å². The minimum Gasteiger partial charge on any atom is -0.507 e. The predicted octanol–water partition coefficient (Wildman–Crippen LogP) is 6.73. The molecule has 0 saturated carbocycles. The van der Waals surface area contributed by atoms with Gasteiger partial charge in [-0.15, -0.1) is 0 Å². The van der Waals surface area contributed by atoms with Crippen LogP contribution in [0.25, 0.3) is 22.6 Å². The van der Waals surface area contributed by atoms with Crippen molar-refractivity contribution in [3.05, 3.63) is 113 Å². The molecule has 2 N–H and O–H groups in total. The number of nitrogens with one attached hydrogen (secondary N) is 1. The highest BCUT2D eigenvalue weighted by molar-refractivity contribution is 9.10. The van der Waals surface area contributed by atoms with E-state index in [1.807, 2.05) is 60.7 Å². The largest absolute Gasteiger partial charge is 0.507 e. The Labute approximate surface area is 198 Å². The number of halogens is 1. The Kier molecular flexibility index (Phi) is 5.67. The van der Waals surface area contributed by atoms with Crippen LogP contribution in [-0.2, 0) is 4.79 Å². The van der Waals surface area contributed by atoms with E-state index in [1.54, 1.807) is 36.4 Å². The van der Waals surface area contributed by atoms with Crippen LogP contribution in [0.5, 0.6) is 5.75 Å². The molecule has 0 bridgehead atoms. The molecular weight excluding hydrogens is 480 g/mol. The number of oxazole rings is 1. The number of carbonyl (C=O) groups excluding carboxylic acids is 1. The Hall–Kier alpha value is -3.90. The third kappa shape index (κ3) is 4.38. The molecular formula is C27H19BrN2O3. The molecule has 0 aliphatic carbocycles. The van der Waals surface area contributed by atoms with Crippen molar-refractivity contribution in [1.29, 1.82) is 0 Å². The molecule has 6 heteroatoms. The van der Waals surface area contributed by atoms with Crippen molar-refractivity contribution in [3.63, 3.8) is 0 Å². The number of anilines is 1. The molecule has 4 aromatic carbocycles. The molecule has 0 atom stereocenters. The van der Waals surface area contributed by atoms with Gasteiger partial charge in [-0.05, 0) is 63.5 Å². The summed E-state index contributed by atoms with van der Waals surface area (Å²) in [5.74, 6) is 0.00937. The molecule has 0 fully saturated rings. The zero-order chi connectivity index (χ0) is 22.8. The molecule has 162 valence electrons. The van der Waals surface area contributed by atoms with E-state index in [2.05, 4.69) is 26.2 Å². The fourth-order valence-electron chi connectivity index (χ4n) is 3.77. The van der Waals surface area contributed by atoms with E-state index in [4.69, 9.17) is 4.42 Å². The van der Waals surface area contributed by atoms with Crippen LogP contribution in [0.1, 0.15) is 17.0 Å². The van der Waals surface area contributed by atoms with Gasteiger partial charge in [0.15, 0.2) is 5.58 Å². The minimum absolute atomic E-state index is 0.127. The monoisotopic (exact) mass is 498 g/mol. The van der Waals surface area contributed by atoms with Gasteiger partial charge in [-0.25, -0.2) is 4.98 Å². The summed E-state index contributed by atoms with van der Waals surface area (Å²) in [6.07, 6.45) is 0. The van der Waals surface area contributed by atoms with Gasteiger partial charge in [0.1, 0.15) is 11.3 Å². The first-order valence-electron chi connectivity index (χ1n) is 10.4. The fraction of sp³-hybridized carbons (Fsp3) is 0.0370. The highest BCUT2D eigenvalue weighted by Crippen LogP contribution is 2.32. The van der Waals surface area contributed by atoms with Crippen LogP contribution in [0.3, 0.4) is 0 Å². The molecule has 5 rings (SSSR count). The molecule has 0 aliphatic rings. The van der Waals surface area contributed by atoms with Crippen molar-refractivity contribution >= 4 is 38.6 Å². The van der Waals surface area contributed by atoms with Crippen LogP contribution in [-0.4, -0.2) is 16.0 Å². The summed E-state index contributed by atoms with van der Waals surface area (Å²) < 4.78 is 6.43. The van der Waals surface area contributed by atoms with Crippen LogP contribution < -0.4 is 5.32 Å². The summed E-state index contributed by atoms with van der Waals surface area (Å²) in [5, 5.41) is 12.8. The highest BCUT2D eigenvalue weighted by atomic mass is 79.9. The Morgan fingerprint density at radius 1 is 0.879 bits per heavy atom. The first-order chi connectivity index (χ1) is 16.1. The molecule has 1 amide bonds. The smallest absolute Gasteiger partial charge is 0.236 e. The van der Waals surface area contributed by atoms with Crippen LogP contribution >= 0.6 is 15.9 Å². The lowest BCUT2D eigenvalue weighted by atomic mass is 9.90. The zero-order valence-electron chi connectivity index (χ0n) is 17.4. The quantitative estimate of drug-likeness (QED) is 0.281. The van der Waals surface area contributed by atoms with E-state index < -0.39 is 5.92 Å². The third-order valence-electron chi connectivity index (χ3n) is 5.38. The molecule has 1 heterocycles. The van der Waals surface area contributed by atoms with Crippen molar-refractivity contribution in [3.8, 4) is 17.2 Å². The van der Waals surface area contributed by atoms with Gasteiger partial charge in [-0.2, -0.15) is 0 Å². The summed E-state index contributed by atoms with van der Waals surface area (Å²) >= 11 is 3.31. The average molecular weight is 499 g/mol. The van der Waals surface area contributed by atoms with Gasteiger partial charge in [0, 0.05) is 11.3 Å². The van der Waals surface area contributed by atoms with E-state index in [-0.39, 0.29) is 11.7 Å². The summed E-state index contributed by atoms with van der Waals surface area (Å²) in [5.41, 5.74) is 4.44. The molecule has 33 heavy (non-hydrogen) atoms. The predicted molar refractivity (Wildman–Crippen MR) is 132 cm³/mol. The number of carbonyl (C=O) groups is 1. The molecule has 5 aromatic rings. The highest BCUT2D eigenvalue weighted by Gasteiger charge is 2.23. The fourth-order valence-corrected chi connectivity index (χ4v) is 4.15. The minimum atomic E-state index is -0.440. The Morgan fingerprint density at radius 3 is 2.18 bits per heavy atom. The Balaban J connectivity index is 1.45. The summed E-state index contributed by atoms with van der Waals surface area (Å²) in [4.78, 5) is 17.9. The maximum Gasteiger partial charge on any atom is 0.236 e. The van der Waals surface area contributed by atoms with Gasteiger partial charge >= 0.3 is 0 Å². The number of hydrogen-bond donors (Lipinski definition) is 2. The summed E-state index contributed by atoms with van der Waals surface area (Å²) in [6, 6.07) is 29.9. The number of amides is 1. The van der Waals surface area contributed by atoms with Crippen molar-refractivity contribution in [2.24, 2.45) is 0 Å². The molecule has 0 radical (unpaired) electrons. The average Bonchev–Trinajstić information content (AvgIpc) is 3.26. The van der Waals surface area contributed by atoms with Crippen molar-refractivity contribution in [2.45, 2.75) is 5.92 Å². The van der Waals surface area contributed by atoms with Gasteiger partial charge in [-0.1, -0.05) is 60.7 Å². The zero-order valence-corrected chi connectivity index (χ0v) is 19.0. The molecule has 0 aliphatic heterocycles. The maximum absolute atomic E-state index is 13.4. The molecule has 5 nitrogen and oxygen atoms in total. The third-order valence-corrected chi connectivity index (χ3v) is 6.01. The second kappa shape index (κ2) is 8.92. The lowest BCUT2D eigenvalue weighted by Crippen LogP contribution is -2.22.